The monoisotopic (exact) mass is 294 g/mol. The van der Waals surface area contributed by atoms with E-state index in [0.29, 0.717) is 23.4 Å². The molecule has 0 amide bonds. The van der Waals surface area contributed by atoms with Gasteiger partial charge in [-0.2, -0.15) is 12.6 Å². The molecule has 1 heterocycles. The number of imidazole rings is 1. The van der Waals surface area contributed by atoms with Crippen LogP contribution in [0.3, 0.4) is 0 Å². The standard InChI is InChI=1S/C15H19FN2OS/c1-4-12(9-20)11(3)13(6-5-10(2)16)14(19)15-17-7-8-18-15/h5-9,14,19-20H,3-4H2,1-2H3,(H,17,18)/b10-5+,12-9-,13-6+. The van der Waals surface area contributed by atoms with E-state index in [-0.39, 0.29) is 5.83 Å². The average Bonchev–Trinajstić information content (AvgIpc) is 2.93. The van der Waals surface area contributed by atoms with Crippen molar-refractivity contribution in [2.75, 3.05) is 0 Å². The number of nitrogens with zero attached hydrogens (tertiary/aromatic N) is 1. The quantitative estimate of drug-likeness (QED) is 0.548. The Morgan fingerprint density at radius 3 is 2.75 bits per heavy atom. The molecule has 0 aromatic carbocycles. The summed E-state index contributed by atoms with van der Waals surface area (Å²) in [5, 5.41) is 12.0. The van der Waals surface area contributed by atoms with Crippen LogP contribution in [0.25, 0.3) is 0 Å². The highest BCUT2D eigenvalue weighted by molar-refractivity contribution is 7.83. The van der Waals surface area contributed by atoms with Gasteiger partial charge < -0.3 is 10.1 Å². The van der Waals surface area contributed by atoms with Gasteiger partial charge in [-0.25, -0.2) is 9.37 Å². The lowest BCUT2D eigenvalue weighted by molar-refractivity contribution is 0.209. The molecular weight excluding hydrogens is 275 g/mol. The van der Waals surface area contributed by atoms with Crippen molar-refractivity contribution in [3.63, 3.8) is 0 Å². The predicted molar refractivity (Wildman–Crippen MR) is 83.0 cm³/mol. The van der Waals surface area contributed by atoms with Crippen LogP contribution in [0.1, 0.15) is 32.2 Å². The molecule has 2 N–H and O–H groups in total. The highest BCUT2D eigenvalue weighted by atomic mass is 32.1. The Bertz CT molecular complexity index is 540. The number of hydrogen-bond acceptors (Lipinski definition) is 3. The van der Waals surface area contributed by atoms with Crippen molar-refractivity contribution in [2.45, 2.75) is 26.4 Å². The Hall–Kier alpha value is -1.59. The topological polar surface area (TPSA) is 48.9 Å². The molecule has 0 aliphatic heterocycles. The molecular formula is C15H19FN2OS. The fourth-order valence-electron chi connectivity index (χ4n) is 1.70. The van der Waals surface area contributed by atoms with Crippen molar-refractivity contribution in [3.05, 3.63) is 64.9 Å². The van der Waals surface area contributed by atoms with Crippen molar-refractivity contribution in [1.29, 1.82) is 0 Å². The summed E-state index contributed by atoms with van der Waals surface area (Å²) in [4.78, 5) is 6.86. The molecule has 1 aromatic heterocycles. The van der Waals surface area contributed by atoms with E-state index in [9.17, 15) is 9.50 Å². The van der Waals surface area contributed by atoms with Crippen LogP contribution in [-0.2, 0) is 0 Å². The van der Waals surface area contributed by atoms with E-state index in [4.69, 9.17) is 0 Å². The minimum atomic E-state index is -0.997. The number of rotatable bonds is 6. The molecule has 1 aromatic rings. The summed E-state index contributed by atoms with van der Waals surface area (Å²) in [7, 11) is 0. The number of aliphatic hydroxyl groups excluding tert-OH is 1. The lowest BCUT2D eigenvalue weighted by Gasteiger charge is -2.17. The molecule has 0 aliphatic rings. The summed E-state index contributed by atoms with van der Waals surface area (Å²) in [5.74, 6) is 0.0341. The van der Waals surface area contributed by atoms with E-state index in [2.05, 4.69) is 29.2 Å². The number of H-pyrrole nitrogens is 1. The average molecular weight is 294 g/mol. The van der Waals surface area contributed by atoms with E-state index >= 15 is 0 Å². The van der Waals surface area contributed by atoms with Crippen LogP contribution >= 0.6 is 12.6 Å². The first-order valence-corrected chi connectivity index (χ1v) is 6.77. The highest BCUT2D eigenvalue weighted by Crippen LogP contribution is 2.30. The van der Waals surface area contributed by atoms with E-state index in [1.807, 2.05) is 6.92 Å². The Kier molecular flexibility index (Phi) is 6.48. The SMILES string of the molecule is C=C(/C(=C\S)CC)/C(=C\C=C(/C)F)C(O)c1ncc[nH]1. The van der Waals surface area contributed by atoms with Crippen molar-refractivity contribution in [2.24, 2.45) is 0 Å². The highest BCUT2D eigenvalue weighted by Gasteiger charge is 2.19. The van der Waals surface area contributed by atoms with Crippen LogP contribution in [0.2, 0.25) is 0 Å². The minimum absolute atomic E-state index is 0.352. The Labute approximate surface area is 124 Å². The third-order valence-corrected chi connectivity index (χ3v) is 3.15. The van der Waals surface area contributed by atoms with Crippen molar-refractivity contribution >= 4 is 12.6 Å². The van der Waals surface area contributed by atoms with Gasteiger partial charge in [-0.05, 0) is 41.5 Å². The van der Waals surface area contributed by atoms with E-state index < -0.39 is 6.10 Å². The molecule has 0 saturated carbocycles. The molecule has 20 heavy (non-hydrogen) atoms. The molecule has 3 nitrogen and oxygen atoms in total. The molecule has 1 rings (SSSR count). The van der Waals surface area contributed by atoms with Crippen LogP contribution in [0, 0.1) is 0 Å². The Balaban J connectivity index is 3.19. The molecule has 0 saturated heterocycles. The zero-order valence-electron chi connectivity index (χ0n) is 11.6. The number of aliphatic hydroxyl groups is 1. The number of halogens is 1. The molecule has 5 heteroatoms. The molecule has 0 radical (unpaired) electrons. The third kappa shape index (κ3) is 4.21. The van der Waals surface area contributed by atoms with Gasteiger partial charge in [0, 0.05) is 12.4 Å². The molecule has 0 fully saturated rings. The first-order valence-electron chi connectivity index (χ1n) is 6.25. The summed E-state index contributed by atoms with van der Waals surface area (Å²) in [6, 6.07) is 0. The van der Waals surface area contributed by atoms with Gasteiger partial charge in [-0.15, -0.1) is 0 Å². The van der Waals surface area contributed by atoms with Crippen LogP contribution in [0.5, 0.6) is 0 Å². The first-order chi connectivity index (χ1) is 9.51. The molecule has 0 aliphatic carbocycles. The maximum absolute atomic E-state index is 12.9. The molecule has 1 unspecified atom stereocenters. The van der Waals surface area contributed by atoms with E-state index in [0.717, 1.165) is 5.57 Å². The smallest absolute Gasteiger partial charge is 0.139 e. The maximum Gasteiger partial charge on any atom is 0.139 e. The number of allylic oxidation sites excluding steroid dienone is 4. The van der Waals surface area contributed by atoms with Gasteiger partial charge in [0.2, 0.25) is 0 Å². The predicted octanol–water partition coefficient (Wildman–Crippen LogP) is 4.02. The van der Waals surface area contributed by atoms with Crippen molar-refractivity contribution in [1.82, 2.24) is 9.97 Å². The van der Waals surface area contributed by atoms with Crippen molar-refractivity contribution in [3.8, 4) is 0 Å². The summed E-state index contributed by atoms with van der Waals surface area (Å²) >= 11 is 4.14. The maximum atomic E-state index is 12.9. The number of nitrogens with one attached hydrogen (secondary N) is 1. The van der Waals surface area contributed by atoms with Gasteiger partial charge in [0.15, 0.2) is 0 Å². The van der Waals surface area contributed by atoms with Crippen LogP contribution < -0.4 is 0 Å². The van der Waals surface area contributed by atoms with Gasteiger partial charge in [-0.1, -0.05) is 19.6 Å². The second-order valence-corrected chi connectivity index (χ2v) is 4.50. The second-order valence-electron chi connectivity index (χ2n) is 4.24. The zero-order valence-corrected chi connectivity index (χ0v) is 12.5. The summed E-state index contributed by atoms with van der Waals surface area (Å²) in [5.41, 5.74) is 1.97. The minimum Gasteiger partial charge on any atom is -0.380 e. The lowest BCUT2D eigenvalue weighted by Crippen LogP contribution is -2.07. The fourth-order valence-corrected chi connectivity index (χ4v) is 2.04. The Morgan fingerprint density at radius 1 is 1.60 bits per heavy atom. The number of aromatic nitrogens is 2. The van der Waals surface area contributed by atoms with Gasteiger partial charge in [-0.3, -0.25) is 0 Å². The van der Waals surface area contributed by atoms with E-state index in [1.54, 1.807) is 17.8 Å². The van der Waals surface area contributed by atoms with Crippen LogP contribution in [-0.4, -0.2) is 15.1 Å². The first kappa shape index (κ1) is 16.5. The molecule has 1 atom stereocenters. The number of hydrogen-bond donors (Lipinski definition) is 3. The lowest BCUT2D eigenvalue weighted by atomic mass is 9.94. The largest absolute Gasteiger partial charge is 0.380 e. The van der Waals surface area contributed by atoms with E-state index in [1.165, 1.54) is 19.1 Å². The summed E-state index contributed by atoms with van der Waals surface area (Å²) in [6.45, 7) is 7.26. The summed E-state index contributed by atoms with van der Waals surface area (Å²) < 4.78 is 12.9. The molecule has 0 spiro atoms. The van der Waals surface area contributed by atoms with Gasteiger partial charge in [0.05, 0.1) is 5.83 Å². The second kappa shape index (κ2) is 7.87. The zero-order chi connectivity index (χ0) is 15.1. The third-order valence-electron chi connectivity index (χ3n) is 2.84. The van der Waals surface area contributed by atoms with Crippen molar-refractivity contribution < 1.29 is 9.50 Å². The van der Waals surface area contributed by atoms with Crippen LogP contribution in [0.4, 0.5) is 4.39 Å². The van der Waals surface area contributed by atoms with Crippen LogP contribution in [0.15, 0.2) is 59.1 Å². The number of aromatic amines is 1. The normalized spacial score (nSPS) is 15.3. The van der Waals surface area contributed by atoms with Gasteiger partial charge in [0.1, 0.15) is 11.9 Å². The Morgan fingerprint density at radius 2 is 2.30 bits per heavy atom. The molecule has 0 bridgehead atoms. The molecule has 108 valence electrons. The fraction of sp³-hybridized carbons (Fsp3) is 0.267. The van der Waals surface area contributed by atoms with Gasteiger partial charge in [0.25, 0.3) is 0 Å². The van der Waals surface area contributed by atoms with Gasteiger partial charge >= 0.3 is 0 Å². The number of thiol groups is 1. The summed E-state index contributed by atoms with van der Waals surface area (Å²) in [6.07, 6.45) is 5.68.